The number of rotatable bonds is 2. The van der Waals surface area contributed by atoms with Crippen molar-refractivity contribution in [2.45, 2.75) is 0 Å². The van der Waals surface area contributed by atoms with Gasteiger partial charge >= 0.3 is 0 Å². The Balaban J connectivity index is 1.91. The van der Waals surface area contributed by atoms with Crippen molar-refractivity contribution in [3.8, 4) is 5.75 Å². The SMILES string of the molecule is COc1ccc(N2CNc3occc3C2=N)cc1. The number of fused-ring (bicyclic) bond motifs is 1. The molecule has 2 N–H and O–H groups in total. The molecule has 0 fully saturated rings. The molecule has 1 aliphatic rings. The minimum atomic E-state index is 0.433. The van der Waals surface area contributed by atoms with Crippen LogP contribution in [0.2, 0.25) is 0 Å². The fourth-order valence-electron chi connectivity index (χ4n) is 1.99. The van der Waals surface area contributed by atoms with Gasteiger partial charge < -0.3 is 19.4 Å². The predicted molar refractivity (Wildman–Crippen MR) is 69.5 cm³/mol. The number of nitrogens with zero attached hydrogens (tertiary/aromatic N) is 1. The maximum atomic E-state index is 8.18. The molecular weight excluding hydrogens is 230 g/mol. The van der Waals surface area contributed by atoms with Crippen LogP contribution >= 0.6 is 0 Å². The van der Waals surface area contributed by atoms with E-state index in [1.165, 1.54) is 0 Å². The van der Waals surface area contributed by atoms with Crippen LogP contribution in [0.5, 0.6) is 5.75 Å². The van der Waals surface area contributed by atoms with E-state index in [9.17, 15) is 0 Å². The Kier molecular flexibility index (Phi) is 2.44. The first-order valence-corrected chi connectivity index (χ1v) is 5.61. The Morgan fingerprint density at radius 3 is 2.78 bits per heavy atom. The summed E-state index contributed by atoms with van der Waals surface area (Å²) in [6, 6.07) is 9.42. The molecule has 2 heterocycles. The Labute approximate surface area is 104 Å². The van der Waals surface area contributed by atoms with Crippen molar-refractivity contribution in [3.05, 3.63) is 42.2 Å². The summed E-state index contributed by atoms with van der Waals surface area (Å²) in [7, 11) is 1.64. The first kappa shape index (κ1) is 10.7. The molecule has 0 unspecified atom stereocenters. The van der Waals surface area contributed by atoms with Crippen molar-refractivity contribution >= 4 is 17.4 Å². The van der Waals surface area contributed by atoms with Crippen LogP contribution in [0.4, 0.5) is 11.6 Å². The lowest BCUT2D eigenvalue weighted by Gasteiger charge is -2.29. The first-order chi connectivity index (χ1) is 8.79. The highest BCUT2D eigenvalue weighted by Crippen LogP contribution is 2.27. The van der Waals surface area contributed by atoms with Gasteiger partial charge in [-0.2, -0.15) is 0 Å². The van der Waals surface area contributed by atoms with Crippen molar-refractivity contribution in [1.82, 2.24) is 0 Å². The molecule has 3 rings (SSSR count). The molecule has 0 saturated carbocycles. The molecule has 5 heteroatoms. The zero-order valence-electron chi connectivity index (χ0n) is 9.93. The molecule has 1 aromatic carbocycles. The second-order valence-corrected chi connectivity index (χ2v) is 3.97. The normalized spacial score (nSPS) is 14.1. The third kappa shape index (κ3) is 1.60. The van der Waals surface area contributed by atoms with Gasteiger partial charge in [-0.05, 0) is 30.3 Å². The van der Waals surface area contributed by atoms with Crippen molar-refractivity contribution in [3.63, 3.8) is 0 Å². The number of furan rings is 1. The Morgan fingerprint density at radius 1 is 1.28 bits per heavy atom. The van der Waals surface area contributed by atoms with E-state index in [1.807, 2.05) is 29.2 Å². The molecule has 18 heavy (non-hydrogen) atoms. The fraction of sp³-hybridized carbons (Fsp3) is 0.154. The van der Waals surface area contributed by atoms with Crippen molar-refractivity contribution < 1.29 is 9.15 Å². The van der Waals surface area contributed by atoms with Crippen LogP contribution in [0.25, 0.3) is 0 Å². The predicted octanol–water partition coefficient (Wildman–Crippen LogP) is 2.50. The molecule has 2 aromatic rings. The van der Waals surface area contributed by atoms with Crippen molar-refractivity contribution in [2.24, 2.45) is 0 Å². The zero-order valence-corrected chi connectivity index (χ0v) is 9.93. The van der Waals surface area contributed by atoms with Crippen LogP contribution in [-0.2, 0) is 0 Å². The summed E-state index contributed by atoms with van der Waals surface area (Å²) in [4.78, 5) is 1.87. The lowest BCUT2D eigenvalue weighted by Crippen LogP contribution is -2.39. The second-order valence-electron chi connectivity index (χ2n) is 3.97. The van der Waals surface area contributed by atoms with E-state index < -0.39 is 0 Å². The van der Waals surface area contributed by atoms with Crippen LogP contribution in [0, 0.1) is 5.41 Å². The molecule has 0 spiro atoms. The molecular formula is C13H13N3O2. The van der Waals surface area contributed by atoms with Gasteiger partial charge in [0.25, 0.3) is 0 Å². The third-order valence-electron chi connectivity index (χ3n) is 2.97. The van der Waals surface area contributed by atoms with E-state index in [4.69, 9.17) is 14.6 Å². The summed E-state index contributed by atoms with van der Waals surface area (Å²) in [6.07, 6.45) is 1.59. The average Bonchev–Trinajstić information content (AvgIpc) is 2.89. The lowest BCUT2D eigenvalue weighted by molar-refractivity contribution is 0.415. The number of benzene rings is 1. The summed E-state index contributed by atoms with van der Waals surface area (Å²) in [6.45, 7) is 0.520. The molecule has 1 aromatic heterocycles. The molecule has 0 radical (unpaired) electrons. The van der Waals surface area contributed by atoms with Gasteiger partial charge in [0.1, 0.15) is 11.6 Å². The standard InChI is InChI=1S/C13H13N3O2/c1-17-10-4-2-9(3-5-10)16-8-15-13-11(12(16)14)6-7-18-13/h2-7,14-15H,8H2,1H3. The van der Waals surface area contributed by atoms with Gasteiger partial charge in [0.15, 0.2) is 0 Å². The number of hydrogen-bond donors (Lipinski definition) is 2. The smallest absolute Gasteiger partial charge is 0.205 e. The molecule has 0 saturated heterocycles. The summed E-state index contributed by atoms with van der Waals surface area (Å²) < 4.78 is 10.4. The fourth-order valence-corrected chi connectivity index (χ4v) is 1.99. The number of hydrogen-bond acceptors (Lipinski definition) is 4. The number of ether oxygens (including phenoxy) is 1. The van der Waals surface area contributed by atoms with Gasteiger partial charge in [-0.3, -0.25) is 5.41 Å². The average molecular weight is 243 g/mol. The quantitative estimate of drug-likeness (QED) is 0.850. The minimum absolute atomic E-state index is 0.433. The highest BCUT2D eigenvalue weighted by molar-refractivity contribution is 6.12. The van der Waals surface area contributed by atoms with Crippen molar-refractivity contribution in [2.75, 3.05) is 24.0 Å². The summed E-state index contributed by atoms with van der Waals surface area (Å²) in [5.41, 5.74) is 1.72. The Hall–Kier alpha value is -2.43. The van der Waals surface area contributed by atoms with E-state index in [-0.39, 0.29) is 0 Å². The summed E-state index contributed by atoms with van der Waals surface area (Å²) >= 11 is 0. The van der Waals surface area contributed by atoms with Gasteiger partial charge in [-0.1, -0.05) is 0 Å². The van der Waals surface area contributed by atoms with E-state index in [0.717, 1.165) is 17.0 Å². The first-order valence-electron chi connectivity index (χ1n) is 5.61. The van der Waals surface area contributed by atoms with Gasteiger partial charge in [0.05, 0.1) is 25.6 Å². The largest absolute Gasteiger partial charge is 0.497 e. The van der Waals surface area contributed by atoms with E-state index >= 15 is 0 Å². The second kappa shape index (κ2) is 4.10. The zero-order chi connectivity index (χ0) is 12.5. The van der Waals surface area contributed by atoms with Crippen LogP contribution in [0.1, 0.15) is 5.56 Å². The van der Waals surface area contributed by atoms with E-state index in [2.05, 4.69) is 5.32 Å². The van der Waals surface area contributed by atoms with Crippen LogP contribution < -0.4 is 15.0 Å². The molecule has 0 aliphatic carbocycles. The molecule has 0 atom stereocenters. The van der Waals surface area contributed by atoms with Crippen LogP contribution in [0.3, 0.4) is 0 Å². The topological polar surface area (TPSA) is 61.5 Å². The Bertz CT molecular complexity index is 574. The van der Waals surface area contributed by atoms with Crippen LogP contribution in [0.15, 0.2) is 41.0 Å². The number of amidine groups is 1. The van der Waals surface area contributed by atoms with Gasteiger partial charge in [0.2, 0.25) is 5.88 Å². The lowest BCUT2D eigenvalue weighted by atomic mass is 10.2. The molecule has 92 valence electrons. The van der Waals surface area contributed by atoms with Crippen molar-refractivity contribution in [1.29, 1.82) is 5.41 Å². The van der Waals surface area contributed by atoms with Gasteiger partial charge in [-0.15, -0.1) is 0 Å². The number of anilines is 2. The van der Waals surface area contributed by atoms with E-state index in [0.29, 0.717) is 18.4 Å². The number of methoxy groups -OCH3 is 1. The van der Waals surface area contributed by atoms with Crippen LogP contribution in [-0.4, -0.2) is 19.6 Å². The molecule has 0 bridgehead atoms. The van der Waals surface area contributed by atoms with Gasteiger partial charge in [-0.25, -0.2) is 0 Å². The highest BCUT2D eigenvalue weighted by atomic mass is 16.5. The molecule has 5 nitrogen and oxygen atoms in total. The Morgan fingerprint density at radius 2 is 2.06 bits per heavy atom. The summed E-state index contributed by atoms with van der Waals surface area (Å²) in [5, 5.41) is 11.3. The van der Waals surface area contributed by atoms with Gasteiger partial charge in [0, 0.05) is 5.69 Å². The maximum Gasteiger partial charge on any atom is 0.205 e. The minimum Gasteiger partial charge on any atom is -0.497 e. The monoisotopic (exact) mass is 243 g/mol. The number of nitrogens with one attached hydrogen (secondary N) is 2. The molecule has 0 amide bonds. The highest BCUT2D eigenvalue weighted by Gasteiger charge is 2.24. The molecule has 1 aliphatic heterocycles. The maximum absolute atomic E-state index is 8.18. The summed E-state index contributed by atoms with van der Waals surface area (Å²) in [5.74, 6) is 1.90. The third-order valence-corrected chi connectivity index (χ3v) is 2.97. The van der Waals surface area contributed by atoms with E-state index in [1.54, 1.807) is 19.4 Å².